The second-order valence-corrected chi connectivity index (χ2v) is 24.3. The Balaban J connectivity index is 2.24. The molecule has 9 heteroatoms. The summed E-state index contributed by atoms with van der Waals surface area (Å²) >= 11 is 0. The number of hydrogen-bond acceptors (Lipinski definition) is 6. The molecule has 0 unspecified atom stereocenters. The van der Waals surface area contributed by atoms with Crippen LogP contribution >= 0.6 is 0 Å². The van der Waals surface area contributed by atoms with Crippen LogP contribution < -0.4 is 9.47 Å². The molecule has 0 bridgehead atoms. The Bertz CT molecular complexity index is 1210. The van der Waals surface area contributed by atoms with Gasteiger partial charge in [0.05, 0.1) is 4.92 Å². The predicted molar refractivity (Wildman–Crippen MR) is 176 cm³/mol. The van der Waals surface area contributed by atoms with Crippen molar-refractivity contribution in [3.05, 3.63) is 74.3 Å². The number of ether oxygens (including phenoxy) is 4. The number of nitro groups is 1. The maximum atomic E-state index is 11.6. The Labute approximate surface area is 248 Å². The minimum Gasteiger partial charge on any atom is -0.468 e. The van der Waals surface area contributed by atoms with Gasteiger partial charge in [0, 0.05) is 35.4 Å². The van der Waals surface area contributed by atoms with Gasteiger partial charge in [-0.1, -0.05) is 63.1 Å². The van der Waals surface area contributed by atoms with Crippen LogP contribution in [0.15, 0.2) is 42.0 Å². The summed E-state index contributed by atoms with van der Waals surface area (Å²) in [6.45, 7) is 21.5. The minimum absolute atomic E-state index is 0.0239. The molecule has 0 saturated heterocycles. The van der Waals surface area contributed by atoms with E-state index < -0.39 is 21.1 Å². The summed E-state index contributed by atoms with van der Waals surface area (Å²) in [5.74, 6) is 0.943. The molecule has 0 amide bonds. The summed E-state index contributed by atoms with van der Waals surface area (Å²) in [6, 6.07) is 11.1. The second-order valence-electron chi connectivity index (χ2n) is 13.1. The molecule has 2 aromatic rings. The highest BCUT2D eigenvalue weighted by Gasteiger charge is 2.17. The molecule has 0 aliphatic heterocycles. The van der Waals surface area contributed by atoms with Crippen molar-refractivity contribution in [1.82, 2.24) is 0 Å². The van der Waals surface area contributed by atoms with E-state index in [0.29, 0.717) is 13.2 Å². The van der Waals surface area contributed by atoms with Crippen molar-refractivity contribution in [2.24, 2.45) is 0 Å². The number of rotatable bonds is 17. The first-order chi connectivity index (χ1) is 19.1. The topological polar surface area (TPSA) is 80.1 Å². The number of allylic oxidation sites excluding steroid dienone is 2. The Morgan fingerprint density at radius 3 is 2.05 bits per heavy atom. The van der Waals surface area contributed by atoms with Gasteiger partial charge in [-0.3, -0.25) is 10.1 Å². The van der Waals surface area contributed by atoms with E-state index in [9.17, 15) is 10.1 Å². The highest BCUT2D eigenvalue weighted by atomic mass is 28.3. The van der Waals surface area contributed by atoms with Crippen molar-refractivity contribution in [3.63, 3.8) is 0 Å². The van der Waals surface area contributed by atoms with Gasteiger partial charge >= 0.3 is 5.69 Å². The molecular weight excluding hydrogens is 551 g/mol. The van der Waals surface area contributed by atoms with Gasteiger partial charge in [-0.15, -0.1) is 0 Å². The van der Waals surface area contributed by atoms with Gasteiger partial charge in [-0.2, -0.15) is 0 Å². The molecule has 0 aromatic heterocycles. The summed E-state index contributed by atoms with van der Waals surface area (Å²) in [7, 11) is -2.38. The van der Waals surface area contributed by atoms with Crippen molar-refractivity contribution < 1.29 is 23.9 Å². The molecule has 0 saturated carbocycles. The van der Waals surface area contributed by atoms with Crippen LogP contribution in [0.2, 0.25) is 51.4 Å². The third-order valence-electron chi connectivity index (χ3n) is 6.43. The molecule has 0 aliphatic carbocycles. The van der Waals surface area contributed by atoms with Crippen LogP contribution in [-0.4, -0.2) is 47.9 Å². The average molecular weight is 600 g/mol. The van der Waals surface area contributed by atoms with Gasteiger partial charge in [0.25, 0.3) is 0 Å². The summed E-state index contributed by atoms with van der Waals surface area (Å²) in [5, 5.41) is 11.6. The van der Waals surface area contributed by atoms with Crippen LogP contribution in [-0.2, 0) is 15.9 Å². The highest BCUT2D eigenvalue weighted by Crippen LogP contribution is 2.30. The number of aryl methyl sites for hydroxylation is 1. The maximum absolute atomic E-state index is 11.6. The van der Waals surface area contributed by atoms with E-state index in [0.717, 1.165) is 40.9 Å². The quantitative estimate of drug-likeness (QED) is 0.0343. The predicted octanol–water partition coefficient (Wildman–Crippen LogP) is 8.96. The fraction of sp³-hybridized carbons (Fsp3) is 0.500. The van der Waals surface area contributed by atoms with Gasteiger partial charge in [0.1, 0.15) is 5.75 Å². The molecule has 0 radical (unpaired) electrons. The second kappa shape index (κ2) is 16.1. The van der Waals surface area contributed by atoms with Gasteiger partial charge in [0.2, 0.25) is 0 Å². The Morgan fingerprint density at radius 2 is 1.49 bits per heavy atom. The molecule has 0 heterocycles. The molecule has 0 fully saturated rings. The van der Waals surface area contributed by atoms with E-state index in [1.54, 1.807) is 12.1 Å². The van der Waals surface area contributed by atoms with E-state index in [1.165, 1.54) is 17.2 Å². The standard InChI is InChI=1S/C32H49NO6Si2/c1-25(2)10-14-30-26(3)20-29(38-23-36-16-18-40(4,5)6)22-28(30)13-11-27-12-15-31(33(34)35)32(21-27)39-24-37-17-19-41(7,8)9/h10-13,15,20-22H,14,16-19,23-24H2,1-9H3/b13-11+. The third-order valence-corrected chi connectivity index (χ3v) is 9.84. The zero-order chi connectivity index (χ0) is 30.6. The van der Waals surface area contributed by atoms with Gasteiger partial charge in [-0.05, 0) is 85.8 Å². The lowest BCUT2D eigenvalue weighted by atomic mass is 9.96. The highest BCUT2D eigenvalue weighted by molar-refractivity contribution is 6.76. The molecule has 41 heavy (non-hydrogen) atoms. The first-order valence-corrected chi connectivity index (χ1v) is 21.7. The molecule has 0 atom stereocenters. The van der Waals surface area contributed by atoms with Crippen LogP contribution in [0, 0.1) is 17.0 Å². The lowest BCUT2D eigenvalue weighted by molar-refractivity contribution is -0.386. The molecule has 226 valence electrons. The van der Waals surface area contributed by atoms with Crippen LogP contribution in [0.3, 0.4) is 0 Å². The molecular formula is C32H49NO6Si2. The largest absolute Gasteiger partial charge is 0.468 e. The van der Waals surface area contributed by atoms with Crippen LogP contribution in [0.4, 0.5) is 5.69 Å². The summed E-state index contributed by atoms with van der Waals surface area (Å²) in [5.41, 5.74) is 5.31. The monoisotopic (exact) mass is 599 g/mol. The zero-order valence-corrected chi connectivity index (χ0v) is 28.5. The van der Waals surface area contributed by atoms with E-state index in [-0.39, 0.29) is 25.0 Å². The first kappa shape index (κ1) is 34.5. The van der Waals surface area contributed by atoms with Crippen LogP contribution in [0.5, 0.6) is 11.5 Å². The van der Waals surface area contributed by atoms with E-state index >= 15 is 0 Å². The molecule has 2 rings (SSSR count). The molecule has 0 spiro atoms. The fourth-order valence-corrected chi connectivity index (χ4v) is 5.32. The molecule has 7 nitrogen and oxygen atoms in total. The lowest BCUT2D eigenvalue weighted by Gasteiger charge is -2.16. The normalized spacial score (nSPS) is 12.0. The third kappa shape index (κ3) is 13.7. The maximum Gasteiger partial charge on any atom is 0.311 e. The molecule has 2 aromatic carbocycles. The van der Waals surface area contributed by atoms with Gasteiger partial charge in [-0.25, -0.2) is 0 Å². The van der Waals surface area contributed by atoms with Crippen molar-refractivity contribution in [2.45, 2.75) is 78.6 Å². The summed E-state index contributed by atoms with van der Waals surface area (Å²) in [6.07, 6.45) is 6.97. The Morgan fingerprint density at radius 1 is 0.878 bits per heavy atom. The zero-order valence-electron chi connectivity index (χ0n) is 26.5. The van der Waals surface area contributed by atoms with Crippen molar-refractivity contribution in [1.29, 1.82) is 0 Å². The summed E-state index contributed by atoms with van der Waals surface area (Å²) < 4.78 is 23.0. The number of nitrogens with zero attached hydrogens (tertiary/aromatic N) is 1. The van der Waals surface area contributed by atoms with Crippen molar-refractivity contribution in [3.8, 4) is 11.5 Å². The average Bonchev–Trinajstić information content (AvgIpc) is 2.84. The number of hydrogen-bond donors (Lipinski definition) is 0. The smallest absolute Gasteiger partial charge is 0.311 e. The Hall–Kier alpha value is -2.73. The molecule has 0 N–H and O–H groups in total. The van der Waals surface area contributed by atoms with E-state index in [4.69, 9.17) is 18.9 Å². The lowest BCUT2D eigenvalue weighted by Crippen LogP contribution is -2.22. The van der Waals surface area contributed by atoms with Crippen molar-refractivity contribution in [2.75, 3.05) is 26.8 Å². The van der Waals surface area contributed by atoms with Crippen LogP contribution in [0.25, 0.3) is 12.2 Å². The summed E-state index contributed by atoms with van der Waals surface area (Å²) in [4.78, 5) is 11.2. The first-order valence-electron chi connectivity index (χ1n) is 14.3. The van der Waals surface area contributed by atoms with Gasteiger partial charge in [0.15, 0.2) is 19.3 Å². The van der Waals surface area contributed by atoms with Crippen LogP contribution in [0.1, 0.15) is 36.1 Å². The minimum atomic E-state index is -1.23. The fourth-order valence-electron chi connectivity index (χ4n) is 3.80. The molecule has 0 aliphatic rings. The SMILES string of the molecule is CC(C)=CCc1c(C)cc(OCOCC[Si](C)(C)C)cc1/C=C/c1ccc([N+](=O)[O-])c(OCOCC[Si](C)(C)C)c1. The van der Waals surface area contributed by atoms with Gasteiger partial charge < -0.3 is 18.9 Å². The van der Waals surface area contributed by atoms with Crippen molar-refractivity contribution >= 4 is 34.0 Å². The number of benzene rings is 2. The van der Waals surface area contributed by atoms with E-state index in [2.05, 4.69) is 66.1 Å². The Kier molecular flexibility index (Phi) is 13.5. The van der Waals surface area contributed by atoms with E-state index in [1.807, 2.05) is 24.3 Å². The number of nitro benzene ring substituents is 1.